The number of halogens is 1. The fraction of sp³-hybridized carbons (Fsp3) is 0.400. The number of nitrogens with zero attached hydrogens (tertiary/aromatic N) is 1. The maximum absolute atomic E-state index is 10.5. The second kappa shape index (κ2) is 6.41. The van der Waals surface area contributed by atoms with Crippen molar-refractivity contribution in [2.75, 3.05) is 12.4 Å². The molecule has 1 N–H and O–H groups in total. The van der Waals surface area contributed by atoms with E-state index in [9.17, 15) is 10.1 Å². The molecular weight excluding hydrogens is 341 g/mol. The third-order valence-electron chi connectivity index (χ3n) is 1.96. The molecular formula is C10H12INO3S. The van der Waals surface area contributed by atoms with Gasteiger partial charge in [0.2, 0.25) is 0 Å². The molecule has 1 unspecified atom stereocenters. The van der Waals surface area contributed by atoms with Crippen LogP contribution < -0.4 is 0 Å². The average Bonchev–Trinajstić information content (AvgIpc) is 2.26. The molecule has 0 aliphatic carbocycles. The number of aliphatic hydroxyl groups is 1. The van der Waals surface area contributed by atoms with Crippen LogP contribution in [0, 0.1) is 19.6 Å². The number of thioether (sulfide) groups is 1. The Morgan fingerprint density at radius 2 is 2.31 bits per heavy atom. The van der Waals surface area contributed by atoms with Gasteiger partial charge in [-0.2, -0.15) is 0 Å². The largest absolute Gasteiger partial charge is 0.396 e. The summed E-state index contributed by atoms with van der Waals surface area (Å²) in [5, 5.41) is 19.4. The first-order valence-electron chi connectivity index (χ1n) is 4.72. The van der Waals surface area contributed by atoms with E-state index in [1.165, 1.54) is 6.07 Å². The number of non-ortho nitro benzene ring substituents is 1. The minimum absolute atomic E-state index is 0.115. The molecule has 0 heterocycles. The van der Waals surface area contributed by atoms with Gasteiger partial charge in [-0.05, 0) is 34.6 Å². The molecule has 1 rings (SSSR count). The predicted octanol–water partition coefficient (Wildman–Crippen LogP) is 2.92. The normalized spacial score (nSPS) is 12.4. The highest BCUT2D eigenvalue weighted by atomic mass is 127. The number of hydrogen-bond acceptors (Lipinski definition) is 4. The van der Waals surface area contributed by atoms with Gasteiger partial charge >= 0.3 is 0 Å². The first-order chi connectivity index (χ1) is 7.54. The van der Waals surface area contributed by atoms with Crippen molar-refractivity contribution in [3.05, 3.63) is 31.9 Å². The van der Waals surface area contributed by atoms with E-state index in [-0.39, 0.29) is 18.2 Å². The highest BCUT2D eigenvalue weighted by molar-refractivity contribution is 14.1. The minimum Gasteiger partial charge on any atom is -0.396 e. The third kappa shape index (κ3) is 3.91. The summed E-state index contributed by atoms with van der Waals surface area (Å²) >= 11 is 3.70. The zero-order valence-corrected chi connectivity index (χ0v) is 11.7. The zero-order valence-electron chi connectivity index (χ0n) is 8.72. The summed E-state index contributed by atoms with van der Waals surface area (Å²) in [6.07, 6.45) is 0. The highest BCUT2D eigenvalue weighted by Crippen LogP contribution is 2.28. The molecule has 1 aromatic rings. The summed E-state index contributed by atoms with van der Waals surface area (Å²) in [6.45, 7) is 2.13. The maximum atomic E-state index is 10.5. The molecule has 1 aromatic carbocycles. The van der Waals surface area contributed by atoms with Gasteiger partial charge in [-0.3, -0.25) is 10.1 Å². The molecule has 4 nitrogen and oxygen atoms in total. The monoisotopic (exact) mass is 353 g/mol. The van der Waals surface area contributed by atoms with Gasteiger partial charge in [0, 0.05) is 33.0 Å². The van der Waals surface area contributed by atoms with Gasteiger partial charge in [0.1, 0.15) is 0 Å². The van der Waals surface area contributed by atoms with Crippen LogP contribution >= 0.6 is 34.4 Å². The number of hydrogen-bond donors (Lipinski definition) is 1. The molecule has 88 valence electrons. The lowest BCUT2D eigenvalue weighted by molar-refractivity contribution is -0.385. The van der Waals surface area contributed by atoms with E-state index in [0.29, 0.717) is 0 Å². The average molecular weight is 353 g/mol. The van der Waals surface area contributed by atoms with Gasteiger partial charge in [0.15, 0.2) is 0 Å². The predicted molar refractivity (Wildman–Crippen MR) is 72.8 cm³/mol. The van der Waals surface area contributed by atoms with Crippen molar-refractivity contribution < 1.29 is 10.0 Å². The van der Waals surface area contributed by atoms with E-state index in [1.807, 2.05) is 6.92 Å². The summed E-state index contributed by atoms with van der Waals surface area (Å²) in [6, 6.07) is 4.83. The second-order valence-corrected chi connectivity index (χ2v) is 5.69. The van der Waals surface area contributed by atoms with Crippen molar-refractivity contribution in [1.29, 1.82) is 0 Å². The van der Waals surface area contributed by atoms with Crippen molar-refractivity contribution in [2.24, 2.45) is 5.92 Å². The van der Waals surface area contributed by atoms with Crippen molar-refractivity contribution in [3.8, 4) is 0 Å². The third-order valence-corrected chi connectivity index (χ3v) is 4.62. The molecule has 0 spiro atoms. The van der Waals surface area contributed by atoms with Crippen LogP contribution in [0.5, 0.6) is 0 Å². The van der Waals surface area contributed by atoms with Gasteiger partial charge in [-0.15, -0.1) is 11.8 Å². The molecule has 16 heavy (non-hydrogen) atoms. The Balaban J connectivity index is 2.72. The van der Waals surface area contributed by atoms with Crippen molar-refractivity contribution >= 4 is 40.0 Å². The second-order valence-electron chi connectivity index (χ2n) is 3.47. The fourth-order valence-electron chi connectivity index (χ4n) is 1.01. The summed E-state index contributed by atoms with van der Waals surface area (Å²) in [7, 11) is 0. The number of nitro groups is 1. The Labute approximate surface area is 112 Å². The van der Waals surface area contributed by atoms with Crippen LogP contribution in [0.2, 0.25) is 0 Å². The van der Waals surface area contributed by atoms with Gasteiger partial charge in [0.25, 0.3) is 5.69 Å². The lowest BCUT2D eigenvalue weighted by atomic mass is 10.2. The van der Waals surface area contributed by atoms with E-state index in [1.54, 1.807) is 23.9 Å². The van der Waals surface area contributed by atoms with Crippen molar-refractivity contribution in [2.45, 2.75) is 11.8 Å². The Hall–Kier alpha value is -0.340. The Morgan fingerprint density at radius 1 is 1.62 bits per heavy atom. The van der Waals surface area contributed by atoms with E-state index in [2.05, 4.69) is 22.6 Å². The van der Waals surface area contributed by atoms with Crippen molar-refractivity contribution in [1.82, 2.24) is 0 Å². The first-order valence-corrected chi connectivity index (χ1v) is 6.78. The molecule has 0 radical (unpaired) electrons. The smallest absolute Gasteiger partial charge is 0.270 e. The lowest BCUT2D eigenvalue weighted by Crippen LogP contribution is -2.03. The van der Waals surface area contributed by atoms with Crippen LogP contribution in [-0.2, 0) is 0 Å². The molecule has 1 atom stereocenters. The molecule has 0 bridgehead atoms. The van der Waals surface area contributed by atoms with Crippen LogP contribution in [-0.4, -0.2) is 22.4 Å². The summed E-state index contributed by atoms with van der Waals surface area (Å²) in [5.74, 6) is 1.04. The molecule has 0 saturated carbocycles. The van der Waals surface area contributed by atoms with E-state index >= 15 is 0 Å². The molecule has 0 saturated heterocycles. The van der Waals surface area contributed by atoms with E-state index < -0.39 is 4.92 Å². The van der Waals surface area contributed by atoms with Crippen LogP contribution in [0.3, 0.4) is 0 Å². The Morgan fingerprint density at radius 3 is 2.81 bits per heavy atom. The van der Waals surface area contributed by atoms with Crippen LogP contribution in [0.1, 0.15) is 6.92 Å². The SMILES string of the molecule is CC(CO)CSc1ccc([N+](=O)[O-])cc1I. The van der Waals surface area contributed by atoms with Gasteiger partial charge in [-0.1, -0.05) is 6.92 Å². The summed E-state index contributed by atoms with van der Waals surface area (Å²) in [5.41, 5.74) is 0.115. The number of nitro benzene ring substituents is 1. The fourth-order valence-corrected chi connectivity index (χ4v) is 2.90. The molecule has 0 fully saturated rings. The molecule has 0 aromatic heterocycles. The molecule has 0 aliphatic heterocycles. The standard InChI is InChI=1S/C10H12INO3S/c1-7(5-13)6-16-10-3-2-8(12(14)15)4-9(10)11/h2-4,7,13H,5-6H2,1H3. The molecule has 0 amide bonds. The van der Waals surface area contributed by atoms with Crippen LogP contribution in [0.25, 0.3) is 0 Å². The summed E-state index contributed by atoms with van der Waals surface area (Å²) in [4.78, 5) is 11.2. The van der Waals surface area contributed by atoms with Gasteiger partial charge in [0.05, 0.1) is 4.92 Å². The lowest BCUT2D eigenvalue weighted by Gasteiger charge is -2.08. The van der Waals surface area contributed by atoms with Crippen molar-refractivity contribution in [3.63, 3.8) is 0 Å². The quantitative estimate of drug-likeness (QED) is 0.383. The maximum Gasteiger partial charge on any atom is 0.270 e. The van der Waals surface area contributed by atoms with Crippen LogP contribution in [0.15, 0.2) is 23.1 Å². The van der Waals surface area contributed by atoms with Crippen LogP contribution in [0.4, 0.5) is 5.69 Å². The van der Waals surface area contributed by atoms with Gasteiger partial charge in [-0.25, -0.2) is 0 Å². The molecule has 6 heteroatoms. The summed E-state index contributed by atoms with van der Waals surface area (Å²) < 4.78 is 0.877. The number of aliphatic hydroxyl groups excluding tert-OH is 1. The zero-order chi connectivity index (χ0) is 12.1. The number of rotatable bonds is 5. The topological polar surface area (TPSA) is 63.4 Å². The Kier molecular flexibility index (Phi) is 5.50. The number of benzene rings is 1. The van der Waals surface area contributed by atoms with E-state index in [4.69, 9.17) is 5.11 Å². The minimum atomic E-state index is -0.396. The highest BCUT2D eigenvalue weighted by Gasteiger charge is 2.10. The first kappa shape index (κ1) is 13.7. The Bertz CT molecular complexity index is 386. The van der Waals surface area contributed by atoms with Gasteiger partial charge < -0.3 is 5.11 Å². The van der Waals surface area contributed by atoms with E-state index in [0.717, 1.165) is 14.2 Å². The molecule has 0 aliphatic rings.